The van der Waals surface area contributed by atoms with Gasteiger partial charge in [0, 0.05) is 42.0 Å². The van der Waals surface area contributed by atoms with Crippen LogP contribution in [0.3, 0.4) is 0 Å². The smallest absolute Gasteiger partial charge is 0.253 e. The minimum absolute atomic E-state index is 0.105. The van der Waals surface area contributed by atoms with Gasteiger partial charge < -0.3 is 15.0 Å². The zero-order valence-corrected chi connectivity index (χ0v) is 16.6. The van der Waals surface area contributed by atoms with Crippen LogP contribution in [0.4, 0.5) is 0 Å². The molecule has 2 aromatic rings. The lowest BCUT2D eigenvalue weighted by molar-refractivity contribution is 0.0690. The molecule has 1 N–H and O–H groups in total. The molecule has 0 radical (unpaired) electrons. The number of rotatable bonds is 4. The number of carbonyl (C=O) groups is 1. The van der Waals surface area contributed by atoms with E-state index in [2.05, 4.69) is 29.6 Å². The summed E-state index contributed by atoms with van der Waals surface area (Å²) in [5, 5.41) is 3.87. The number of hydrogen-bond acceptors (Lipinski definition) is 3. The van der Waals surface area contributed by atoms with E-state index in [-0.39, 0.29) is 5.91 Å². The van der Waals surface area contributed by atoms with Gasteiger partial charge in [0.25, 0.3) is 5.91 Å². The third kappa shape index (κ3) is 4.50. The summed E-state index contributed by atoms with van der Waals surface area (Å²) >= 11 is 5.91. The first-order valence-electron chi connectivity index (χ1n) is 9.89. The molecule has 2 aliphatic heterocycles. The Bertz CT molecular complexity index is 838. The van der Waals surface area contributed by atoms with E-state index in [0.717, 1.165) is 50.2 Å². The van der Waals surface area contributed by atoms with E-state index in [9.17, 15) is 4.79 Å². The quantitative estimate of drug-likeness (QED) is 0.835. The van der Waals surface area contributed by atoms with Crippen LogP contribution in [0.2, 0.25) is 5.02 Å². The van der Waals surface area contributed by atoms with Crippen LogP contribution in [0.5, 0.6) is 0 Å². The Hall–Kier alpha value is -2.46. The van der Waals surface area contributed by atoms with Gasteiger partial charge in [0.2, 0.25) is 0 Å². The van der Waals surface area contributed by atoms with Crippen LogP contribution in [0.15, 0.2) is 54.7 Å². The monoisotopic (exact) mass is 396 g/mol. The molecular weight excluding hydrogens is 372 g/mol. The number of hydrogen-bond donors (Lipinski definition) is 1. The summed E-state index contributed by atoms with van der Waals surface area (Å²) in [6.45, 7) is 3.20. The lowest BCUT2D eigenvalue weighted by Gasteiger charge is -2.32. The van der Waals surface area contributed by atoms with E-state index in [1.54, 1.807) is 24.3 Å². The summed E-state index contributed by atoms with van der Waals surface area (Å²) in [5.41, 5.74) is 3.17. The van der Waals surface area contributed by atoms with Gasteiger partial charge >= 0.3 is 0 Å². The van der Waals surface area contributed by atoms with Crippen LogP contribution in [0.1, 0.15) is 34.3 Å². The van der Waals surface area contributed by atoms with Gasteiger partial charge in [-0.25, -0.2) is 0 Å². The van der Waals surface area contributed by atoms with Crippen molar-refractivity contribution in [3.63, 3.8) is 0 Å². The highest BCUT2D eigenvalue weighted by Crippen LogP contribution is 2.25. The fourth-order valence-corrected chi connectivity index (χ4v) is 3.97. The molecule has 0 atom stereocenters. The number of nitrogens with zero attached hydrogens (tertiary/aromatic N) is 1. The summed E-state index contributed by atoms with van der Waals surface area (Å²) in [5.74, 6) is 1.63. The summed E-state index contributed by atoms with van der Waals surface area (Å²) in [4.78, 5) is 14.6. The molecular formula is C23H25ClN2O2. The predicted octanol–water partition coefficient (Wildman–Crippen LogP) is 4.35. The lowest BCUT2D eigenvalue weighted by atomic mass is 9.89. The molecule has 146 valence electrons. The van der Waals surface area contributed by atoms with Gasteiger partial charge in [-0.05, 0) is 55.0 Å². The largest absolute Gasteiger partial charge is 0.490 e. The molecule has 0 unspecified atom stereocenters. The number of piperidine rings is 1. The predicted molar refractivity (Wildman–Crippen MR) is 112 cm³/mol. The maximum Gasteiger partial charge on any atom is 0.253 e. The van der Waals surface area contributed by atoms with E-state index in [0.29, 0.717) is 23.1 Å². The van der Waals surface area contributed by atoms with Crippen molar-refractivity contribution in [2.75, 3.05) is 26.2 Å². The van der Waals surface area contributed by atoms with Gasteiger partial charge in [-0.15, -0.1) is 0 Å². The van der Waals surface area contributed by atoms with E-state index >= 15 is 0 Å². The summed E-state index contributed by atoms with van der Waals surface area (Å²) < 4.78 is 5.68. The van der Waals surface area contributed by atoms with Crippen LogP contribution in [0.25, 0.3) is 5.76 Å². The number of carbonyl (C=O) groups excluding carboxylic acids is 1. The van der Waals surface area contributed by atoms with E-state index in [4.69, 9.17) is 16.3 Å². The van der Waals surface area contributed by atoms with Crippen LogP contribution in [0, 0.1) is 5.92 Å². The lowest BCUT2D eigenvalue weighted by Crippen LogP contribution is -2.38. The summed E-state index contributed by atoms with van der Waals surface area (Å²) in [7, 11) is 0. The first kappa shape index (κ1) is 18.9. The highest BCUT2D eigenvalue weighted by Gasteiger charge is 2.23. The fraction of sp³-hybridized carbons (Fsp3) is 0.348. The molecule has 2 aromatic carbocycles. The molecule has 0 aromatic heterocycles. The van der Waals surface area contributed by atoms with Crippen molar-refractivity contribution in [2.45, 2.75) is 19.3 Å². The second-order valence-corrected chi connectivity index (χ2v) is 7.89. The number of ether oxygens (including phenoxy) is 1. The standard InChI is InChI=1S/C23H25ClN2O2/c24-21-7-5-20(6-8-21)23(27)26-12-9-18(10-13-26)15-17-1-3-19(4-2-17)22-16-25-11-14-28-22/h1-8,16,18,25H,9-15H2. The maximum atomic E-state index is 12.6. The third-order valence-corrected chi connectivity index (χ3v) is 5.74. The Morgan fingerprint density at radius 1 is 1.07 bits per heavy atom. The zero-order chi connectivity index (χ0) is 19.3. The van der Waals surface area contributed by atoms with E-state index in [1.807, 2.05) is 11.1 Å². The van der Waals surface area contributed by atoms with Crippen LogP contribution < -0.4 is 5.32 Å². The number of halogens is 1. The second-order valence-electron chi connectivity index (χ2n) is 7.45. The van der Waals surface area contributed by atoms with Gasteiger partial charge in [-0.1, -0.05) is 35.9 Å². The van der Waals surface area contributed by atoms with Gasteiger partial charge in [0.05, 0.1) is 0 Å². The molecule has 4 nitrogen and oxygen atoms in total. The molecule has 0 spiro atoms. The van der Waals surface area contributed by atoms with E-state index < -0.39 is 0 Å². The molecule has 0 bridgehead atoms. The third-order valence-electron chi connectivity index (χ3n) is 5.49. The summed E-state index contributed by atoms with van der Waals surface area (Å²) in [6.07, 6.45) is 5.08. The van der Waals surface area contributed by atoms with Crippen LogP contribution in [-0.2, 0) is 11.2 Å². The van der Waals surface area contributed by atoms with Gasteiger partial charge in [-0.3, -0.25) is 4.79 Å². The molecule has 2 aliphatic rings. The Balaban J connectivity index is 1.30. The first-order chi connectivity index (χ1) is 13.7. The van der Waals surface area contributed by atoms with Crippen molar-refractivity contribution in [3.05, 3.63) is 76.4 Å². The molecule has 2 heterocycles. The van der Waals surface area contributed by atoms with Crippen molar-refractivity contribution in [1.82, 2.24) is 10.2 Å². The number of amides is 1. The molecule has 1 fully saturated rings. The summed E-state index contributed by atoms with van der Waals surface area (Å²) in [6, 6.07) is 15.8. The molecule has 5 heteroatoms. The highest BCUT2D eigenvalue weighted by atomic mass is 35.5. The van der Waals surface area contributed by atoms with Gasteiger partial charge in [0.15, 0.2) is 0 Å². The number of nitrogens with one attached hydrogen (secondary N) is 1. The van der Waals surface area contributed by atoms with Gasteiger partial charge in [0.1, 0.15) is 12.4 Å². The SMILES string of the molecule is O=C(c1ccc(Cl)cc1)N1CCC(Cc2ccc(C3=CNCCO3)cc2)CC1. The molecule has 28 heavy (non-hydrogen) atoms. The van der Waals surface area contributed by atoms with Crippen molar-refractivity contribution in [3.8, 4) is 0 Å². The van der Waals surface area contributed by atoms with Crippen molar-refractivity contribution in [2.24, 2.45) is 5.92 Å². The Morgan fingerprint density at radius 2 is 1.79 bits per heavy atom. The first-order valence-corrected chi connectivity index (χ1v) is 10.3. The van der Waals surface area contributed by atoms with E-state index in [1.165, 1.54) is 5.56 Å². The molecule has 0 aliphatic carbocycles. The number of likely N-dealkylation sites (tertiary alicyclic amines) is 1. The number of benzene rings is 2. The Labute approximate surface area is 171 Å². The van der Waals surface area contributed by atoms with Crippen molar-refractivity contribution < 1.29 is 9.53 Å². The minimum Gasteiger partial charge on any atom is -0.490 e. The maximum absolute atomic E-state index is 12.6. The van der Waals surface area contributed by atoms with Gasteiger partial charge in [-0.2, -0.15) is 0 Å². The molecule has 0 saturated carbocycles. The average molecular weight is 397 g/mol. The van der Waals surface area contributed by atoms with Crippen LogP contribution in [-0.4, -0.2) is 37.0 Å². The fourth-order valence-electron chi connectivity index (χ4n) is 3.85. The second kappa shape index (κ2) is 8.70. The van der Waals surface area contributed by atoms with Crippen molar-refractivity contribution in [1.29, 1.82) is 0 Å². The molecule has 1 amide bonds. The highest BCUT2D eigenvalue weighted by molar-refractivity contribution is 6.30. The van der Waals surface area contributed by atoms with Crippen molar-refractivity contribution >= 4 is 23.3 Å². The molecule has 4 rings (SSSR count). The zero-order valence-electron chi connectivity index (χ0n) is 15.9. The Kier molecular flexibility index (Phi) is 5.87. The van der Waals surface area contributed by atoms with Crippen LogP contribution >= 0.6 is 11.6 Å². The average Bonchev–Trinajstić information content (AvgIpc) is 2.75. The Morgan fingerprint density at radius 3 is 2.43 bits per heavy atom. The molecule has 1 saturated heterocycles. The minimum atomic E-state index is 0.105. The normalized spacial score (nSPS) is 17.5. The topological polar surface area (TPSA) is 41.6 Å².